The minimum atomic E-state index is -0.270. The molecule has 9 heteroatoms. The zero-order chi connectivity index (χ0) is 25.7. The first-order chi connectivity index (χ1) is 17.9. The van der Waals surface area contributed by atoms with Crippen LogP contribution in [0.5, 0.6) is 0 Å². The third kappa shape index (κ3) is 4.16. The molecule has 3 heterocycles. The van der Waals surface area contributed by atoms with E-state index in [2.05, 4.69) is 26.3 Å². The molecule has 6 rings (SSSR count). The maximum Gasteiger partial charge on any atom is 0.323 e. The van der Waals surface area contributed by atoms with Gasteiger partial charge in [0.2, 0.25) is 0 Å². The topological polar surface area (TPSA) is 128 Å². The van der Waals surface area contributed by atoms with Gasteiger partial charge >= 0.3 is 5.69 Å². The molecule has 0 saturated heterocycles. The molecule has 4 N–H and O–H groups in total. The monoisotopic (exact) mass is 496 g/mol. The van der Waals surface area contributed by atoms with Gasteiger partial charge in [-0.1, -0.05) is 18.9 Å². The molecule has 3 aromatic heterocycles. The summed E-state index contributed by atoms with van der Waals surface area (Å²) in [5.74, 6) is -0.270. The molecule has 37 heavy (non-hydrogen) atoms. The van der Waals surface area contributed by atoms with Gasteiger partial charge in [-0.05, 0) is 73.7 Å². The van der Waals surface area contributed by atoms with Crippen LogP contribution in [0.15, 0.2) is 52.2 Å². The highest BCUT2D eigenvalue weighted by Gasteiger charge is 2.23. The number of pyridine rings is 1. The number of nitrogens with one attached hydrogen (secondary N) is 4. The first-order valence-corrected chi connectivity index (χ1v) is 12.6. The summed E-state index contributed by atoms with van der Waals surface area (Å²) in [6.07, 6.45) is 6.23. The minimum Gasteiger partial charge on any atom is -0.348 e. The fraction of sp³-hybridized carbons (Fsp3) is 0.286. The van der Waals surface area contributed by atoms with Crippen LogP contribution in [0, 0.1) is 13.8 Å². The predicted molar refractivity (Wildman–Crippen MR) is 143 cm³/mol. The number of carbonyl (C=O) groups excluding carboxylic acids is 1. The van der Waals surface area contributed by atoms with Gasteiger partial charge in [0.1, 0.15) is 0 Å². The van der Waals surface area contributed by atoms with E-state index in [0.29, 0.717) is 22.7 Å². The zero-order valence-corrected chi connectivity index (χ0v) is 20.8. The Morgan fingerprint density at radius 2 is 1.78 bits per heavy atom. The summed E-state index contributed by atoms with van der Waals surface area (Å²) in [4.78, 5) is 46.2. The summed E-state index contributed by atoms with van der Waals surface area (Å²) in [7, 11) is 0. The highest BCUT2D eigenvalue weighted by molar-refractivity contribution is 6.08. The maximum absolute atomic E-state index is 13.5. The summed E-state index contributed by atoms with van der Waals surface area (Å²) in [6.45, 7) is 3.83. The number of carbonyl (C=O) groups is 1. The lowest BCUT2D eigenvalue weighted by Gasteiger charge is -2.14. The largest absolute Gasteiger partial charge is 0.348 e. The molecule has 1 saturated carbocycles. The molecule has 0 spiro atoms. The molecule has 1 aliphatic rings. The number of aryl methyl sites for hydroxylation is 2. The second kappa shape index (κ2) is 8.92. The molecular formula is C28H28N6O3. The molecule has 1 fully saturated rings. The number of imidazole rings is 1. The normalized spacial score (nSPS) is 14.1. The molecule has 0 unspecified atom stereocenters. The van der Waals surface area contributed by atoms with Crippen LogP contribution in [0.3, 0.4) is 0 Å². The Balaban J connectivity index is 1.44. The van der Waals surface area contributed by atoms with Crippen molar-refractivity contribution in [3.8, 4) is 11.1 Å². The molecule has 1 amide bonds. The number of aromatic amines is 3. The van der Waals surface area contributed by atoms with Crippen molar-refractivity contribution in [3.63, 3.8) is 0 Å². The van der Waals surface area contributed by atoms with Crippen LogP contribution in [0.1, 0.15) is 58.9 Å². The van der Waals surface area contributed by atoms with E-state index < -0.39 is 0 Å². The van der Waals surface area contributed by atoms with Crippen LogP contribution in [0.25, 0.3) is 33.1 Å². The second-order valence-electron chi connectivity index (χ2n) is 9.95. The Labute approximate surface area is 211 Å². The number of fused-ring (bicyclic) bond motifs is 2. The van der Waals surface area contributed by atoms with Crippen molar-refractivity contribution in [2.75, 3.05) is 0 Å². The predicted octanol–water partition coefficient (Wildman–Crippen LogP) is 4.22. The van der Waals surface area contributed by atoms with E-state index in [9.17, 15) is 14.4 Å². The lowest BCUT2D eigenvalue weighted by atomic mass is 9.99. The summed E-state index contributed by atoms with van der Waals surface area (Å²) < 4.78 is 2.05. The van der Waals surface area contributed by atoms with Gasteiger partial charge in [-0.15, -0.1) is 0 Å². The van der Waals surface area contributed by atoms with Crippen LogP contribution >= 0.6 is 0 Å². The van der Waals surface area contributed by atoms with Crippen LogP contribution in [-0.2, 0) is 6.54 Å². The number of H-pyrrole nitrogens is 3. The van der Waals surface area contributed by atoms with Gasteiger partial charge in [-0.25, -0.2) is 4.79 Å². The molecule has 0 bridgehead atoms. The summed E-state index contributed by atoms with van der Waals surface area (Å²) >= 11 is 0. The Hall–Kier alpha value is -4.40. The highest BCUT2D eigenvalue weighted by atomic mass is 16.2. The third-order valence-electron chi connectivity index (χ3n) is 7.40. The van der Waals surface area contributed by atoms with E-state index in [1.54, 1.807) is 6.20 Å². The van der Waals surface area contributed by atoms with Crippen LogP contribution in [-0.4, -0.2) is 30.6 Å². The number of rotatable bonds is 5. The Kier molecular flexibility index (Phi) is 5.55. The van der Waals surface area contributed by atoms with Gasteiger partial charge in [-0.2, -0.15) is 5.10 Å². The number of amides is 1. The SMILES string of the molecule is Cc1cc(C)c(CNC(=O)c2cc(-c3ccc4[nH]c(=O)[nH]c4c3)cc3c2cnn3C2CCCC2)c(=O)[nH]1. The van der Waals surface area contributed by atoms with Crippen LogP contribution in [0.2, 0.25) is 0 Å². The molecule has 9 nitrogen and oxygen atoms in total. The number of hydrogen-bond donors (Lipinski definition) is 4. The maximum atomic E-state index is 13.5. The van der Waals surface area contributed by atoms with E-state index in [1.165, 1.54) is 12.8 Å². The van der Waals surface area contributed by atoms with Crippen molar-refractivity contribution in [2.45, 2.75) is 52.1 Å². The highest BCUT2D eigenvalue weighted by Crippen LogP contribution is 2.35. The fourth-order valence-electron chi connectivity index (χ4n) is 5.52. The number of hydrogen-bond acceptors (Lipinski definition) is 4. The fourth-order valence-corrected chi connectivity index (χ4v) is 5.52. The van der Waals surface area contributed by atoms with E-state index in [1.807, 2.05) is 48.9 Å². The van der Waals surface area contributed by atoms with Gasteiger partial charge in [0, 0.05) is 23.2 Å². The van der Waals surface area contributed by atoms with Gasteiger partial charge < -0.3 is 20.3 Å². The van der Waals surface area contributed by atoms with Crippen molar-refractivity contribution in [1.29, 1.82) is 0 Å². The van der Waals surface area contributed by atoms with Crippen molar-refractivity contribution in [2.24, 2.45) is 0 Å². The molecule has 0 radical (unpaired) electrons. The molecule has 5 aromatic rings. The van der Waals surface area contributed by atoms with E-state index in [0.717, 1.165) is 51.6 Å². The summed E-state index contributed by atoms with van der Waals surface area (Å²) in [6, 6.07) is 11.8. The van der Waals surface area contributed by atoms with Crippen molar-refractivity contribution < 1.29 is 4.79 Å². The molecule has 0 aliphatic heterocycles. The van der Waals surface area contributed by atoms with E-state index >= 15 is 0 Å². The third-order valence-corrected chi connectivity index (χ3v) is 7.40. The molecule has 0 atom stereocenters. The van der Waals surface area contributed by atoms with Gasteiger partial charge in [-0.3, -0.25) is 14.3 Å². The first kappa shape index (κ1) is 23.0. The van der Waals surface area contributed by atoms with E-state index in [4.69, 9.17) is 5.10 Å². The smallest absolute Gasteiger partial charge is 0.323 e. The number of aromatic nitrogens is 5. The zero-order valence-electron chi connectivity index (χ0n) is 20.8. The molecule has 2 aromatic carbocycles. The van der Waals surface area contributed by atoms with Crippen molar-refractivity contribution >= 4 is 27.8 Å². The summed E-state index contributed by atoms with van der Waals surface area (Å²) in [5, 5.41) is 8.42. The van der Waals surface area contributed by atoms with Crippen molar-refractivity contribution in [3.05, 3.63) is 85.8 Å². The first-order valence-electron chi connectivity index (χ1n) is 12.6. The van der Waals surface area contributed by atoms with Gasteiger partial charge in [0.05, 0.1) is 34.4 Å². The molecule has 1 aliphatic carbocycles. The Morgan fingerprint density at radius 1 is 1.00 bits per heavy atom. The average molecular weight is 497 g/mol. The summed E-state index contributed by atoms with van der Waals surface area (Å²) in [5.41, 5.74) is 6.26. The van der Waals surface area contributed by atoms with E-state index in [-0.39, 0.29) is 23.7 Å². The minimum absolute atomic E-state index is 0.124. The van der Waals surface area contributed by atoms with Crippen molar-refractivity contribution in [1.82, 2.24) is 30.0 Å². The molecular weight excluding hydrogens is 468 g/mol. The number of benzene rings is 2. The standard InChI is InChI=1S/C28H28N6O3/c1-15-9-16(2)31-27(36)21(15)13-29-26(35)20-10-18(17-7-8-23-24(11-17)33-28(37)32-23)12-25-22(20)14-30-34(25)19-5-3-4-6-19/h7-12,14,19H,3-6,13H2,1-2H3,(H,29,35)(H,31,36)(H2,32,33,37). The Morgan fingerprint density at radius 3 is 2.57 bits per heavy atom. The van der Waals surface area contributed by atoms with Crippen LogP contribution < -0.4 is 16.6 Å². The quantitative estimate of drug-likeness (QED) is 0.290. The van der Waals surface area contributed by atoms with Crippen LogP contribution in [0.4, 0.5) is 0 Å². The number of nitrogens with zero attached hydrogens (tertiary/aromatic N) is 2. The van der Waals surface area contributed by atoms with Gasteiger partial charge in [0.15, 0.2) is 0 Å². The second-order valence-corrected chi connectivity index (χ2v) is 9.95. The lowest BCUT2D eigenvalue weighted by molar-refractivity contribution is 0.0952. The Bertz CT molecular complexity index is 1780. The average Bonchev–Trinajstić information content (AvgIpc) is 3.60. The molecule has 188 valence electrons. The van der Waals surface area contributed by atoms with Gasteiger partial charge in [0.25, 0.3) is 11.5 Å². The lowest BCUT2D eigenvalue weighted by Crippen LogP contribution is -2.28.